The summed E-state index contributed by atoms with van der Waals surface area (Å²) < 4.78 is 16.4. The van der Waals surface area contributed by atoms with Crippen LogP contribution in [0, 0.1) is 0 Å². The van der Waals surface area contributed by atoms with Crippen LogP contribution in [0.2, 0.25) is 0 Å². The van der Waals surface area contributed by atoms with Gasteiger partial charge in [-0.2, -0.15) is 0 Å². The summed E-state index contributed by atoms with van der Waals surface area (Å²) in [7, 11) is 0. The van der Waals surface area contributed by atoms with Crippen molar-refractivity contribution in [3.63, 3.8) is 0 Å². The zero-order valence-corrected chi connectivity index (χ0v) is 45.2. The number of carbonyl (C=O) groups is 3. The molecule has 0 saturated heterocycles. The third-order valence-electron chi connectivity index (χ3n) is 11.5. The second-order valence-electron chi connectivity index (χ2n) is 18.2. The summed E-state index contributed by atoms with van der Waals surface area (Å²) in [4.78, 5) is 37.8. The van der Waals surface area contributed by atoms with Crippen molar-refractivity contribution >= 4 is 17.9 Å². The van der Waals surface area contributed by atoms with Crippen LogP contribution in [-0.4, -0.2) is 37.2 Å². The standard InChI is InChI=1S/C65H100O6/c1-4-7-10-13-16-19-22-25-28-30-32-34-37-40-43-46-49-52-55-58-64(67)70-61-62(60-69-63(66)57-54-51-48-45-42-39-36-27-24-21-18-15-12-9-6-3)71-65(68)59-56-53-50-47-44-41-38-35-33-31-29-26-23-20-17-14-11-8-5-2/h27-38,40-41,43-44,46-47,49-50,52-53,55-56,58-59,62H,4-26,39,42,45,48,51,54,57,60-61H2,1-3H3/b30-28?,31-29?,34-32?,35-33?,36-27-,40-37?,41-38?,46-43?,47-44?,52-49?,53-50?,58-55?,59-56?. The molecule has 0 aliphatic rings. The first-order valence-electron chi connectivity index (χ1n) is 28.2. The Bertz CT molecular complexity index is 1640. The van der Waals surface area contributed by atoms with Crippen molar-refractivity contribution in [1.29, 1.82) is 0 Å². The third kappa shape index (κ3) is 55.8. The van der Waals surface area contributed by atoms with E-state index in [1.54, 1.807) is 30.4 Å². The molecule has 1 unspecified atom stereocenters. The van der Waals surface area contributed by atoms with Crippen LogP contribution in [0.25, 0.3) is 0 Å². The summed E-state index contributed by atoms with van der Waals surface area (Å²) in [5.74, 6) is -1.60. The molecule has 1 atom stereocenters. The fourth-order valence-electron chi connectivity index (χ4n) is 7.22. The minimum absolute atomic E-state index is 0.211. The SMILES string of the molecule is CCCCCCCC/C=C\CCCCCCCC(=O)OCC(COC(=O)C=CC=CC=CC=CC=CC=CCCCCCCCCC)OC(=O)C=CC=CC=CC=CC=CC=CCCCCCCCCC. The number of esters is 3. The van der Waals surface area contributed by atoms with Crippen molar-refractivity contribution in [2.24, 2.45) is 0 Å². The summed E-state index contributed by atoms with van der Waals surface area (Å²) in [6.45, 7) is 6.29. The Morgan fingerprint density at radius 3 is 1.00 bits per heavy atom. The lowest BCUT2D eigenvalue weighted by Crippen LogP contribution is -2.30. The first-order valence-corrected chi connectivity index (χ1v) is 28.2. The molecular weight excluding hydrogens is 877 g/mol. The molecule has 0 spiro atoms. The van der Waals surface area contributed by atoms with Crippen LogP contribution in [0.4, 0.5) is 0 Å². The quantitative estimate of drug-likeness (QED) is 0.0151. The lowest BCUT2D eigenvalue weighted by Gasteiger charge is -2.17. The molecule has 71 heavy (non-hydrogen) atoms. The number of hydrogen-bond donors (Lipinski definition) is 0. The van der Waals surface area contributed by atoms with Gasteiger partial charge in [0.15, 0.2) is 6.10 Å². The summed E-state index contributed by atoms with van der Waals surface area (Å²) in [5, 5.41) is 0. The van der Waals surface area contributed by atoms with Crippen LogP contribution in [-0.2, 0) is 28.6 Å². The molecule has 6 heteroatoms. The average molecular weight is 978 g/mol. The molecule has 396 valence electrons. The van der Waals surface area contributed by atoms with Crippen molar-refractivity contribution in [1.82, 2.24) is 0 Å². The Kier molecular flexibility index (Phi) is 53.6. The zero-order chi connectivity index (χ0) is 51.4. The van der Waals surface area contributed by atoms with Crippen LogP contribution in [0.1, 0.15) is 213 Å². The van der Waals surface area contributed by atoms with E-state index in [4.69, 9.17) is 14.2 Å². The second-order valence-corrected chi connectivity index (χ2v) is 18.2. The van der Waals surface area contributed by atoms with E-state index in [0.29, 0.717) is 0 Å². The number of rotatable bonds is 48. The molecule has 0 rings (SSSR count). The largest absolute Gasteiger partial charge is 0.462 e. The molecule has 0 aromatic carbocycles. The van der Waals surface area contributed by atoms with E-state index in [-0.39, 0.29) is 25.6 Å². The Labute approximate surface area is 435 Å². The molecular formula is C65H100O6. The molecule has 0 N–H and O–H groups in total. The van der Waals surface area contributed by atoms with Crippen LogP contribution in [0.5, 0.6) is 0 Å². The van der Waals surface area contributed by atoms with Gasteiger partial charge in [0, 0.05) is 18.6 Å². The Morgan fingerprint density at radius 2 is 0.606 bits per heavy atom. The van der Waals surface area contributed by atoms with Crippen LogP contribution in [0.15, 0.2) is 158 Å². The van der Waals surface area contributed by atoms with Gasteiger partial charge in [0.05, 0.1) is 0 Å². The monoisotopic (exact) mass is 977 g/mol. The Hall–Kier alpha value is -4.97. The van der Waals surface area contributed by atoms with E-state index in [0.717, 1.165) is 51.4 Å². The predicted octanol–water partition coefficient (Wildman–Crippen LogP) is 19.0. The molecule has 0 aromatic rings. The van der Waals surface area contributed by atoms with Gasteiger partial charge < -0.3 is 14.2 Å². The molecule has 0 fully saturated rings. The van der Waals surface area contributed by atoms with E-state index in [9.17, 15) is 14.4 Å². The van der Waals surface area contributed by atoms with E-state index < -0.39 is 18.0 Å². The van der Waals surface area contributed by atoms with Gasteiger partial charge in [0.1, 0.15) is 13.2 Å². The maximum Gasteiger partial charge on any atom is 0.331 e. The minimum atomic E-state index is -0.959. The maximum absolute atomic E-state index is 12.7. The van der Waals surface area contributed by atoms with Crippen molar-refractivity contribution in [2.75, 3.05) is 13.2 Å². The smallest absolute Gasteiger partial charge is 0.331 e. The summed E-state index contributed by atoms with van der Waals surface area (Å²) in [5.41, 5.74) is 0. The minimum Gasteiger partial charge on any atom is -0.462 e. The summed E-state index contributed by atoms with van der Waals surface area (Å²) >= 11 is 0. The highest BCUT2D eigenvalue weighted by molar-refractivity contribution is 5.83. The highest BCUT2D eigenvalue weighted by Crippen LogP contribution is 2.12. The number of ether oxygens (including phenoxy) is 3. The van der Waals surface area contributed by atoms with Crippen molar-refractivity contribution in [2.45, 2.75) is 219 Å². The lowest BCUT2D eigenvalue weighted by molar-refractivity contribution is -0.162. The van der Waals surface area contributed by atoms with E-state index in [2.05, 4.69) is 57.2 Å². The van der Waals surface area contributed by atoms with E-state index >= 15 is 0 Å². The summed E-state index contributed by atoms with van der Waals surface area (Å²) in [6.07, 6.45) is 84.9. The van der Waals surface area contributed by atoms with Crippen LogP contribution >= 0.6 is 0 Å². The van der Waals surface area contributed by atoms with Crippen molar-refractivity contribution in [3.8, 4) is 0 Å². The van der Waals surface area contributed by atoms with Crippen molar-refractivity contribution in [3.05, 3.63) is 158 Å². The first-order chi connectivity index (χ1) is 35.0. The highest BCUT2D eigenvalue weighted by atomic mass is 16.6. The maximum atomic E-state index is 12.7. The third-order valence-corrected chi connectivity index (χ3v) is 11.5. The van der Waals surface area contributed by atoms with Gasteiger partial charge in [-0.3, -0.25) is 4.79 Å². The normalized spacial score (nSPS) is 13.3. The van der Waals surface area contributed by atoms with Gasteiger partial charge in [-0.25, -0.2) is 9.59 Å². The fourth-order valence-corrected chi connectivity index (χ4v) is 7.22. The molecule has 0 aliphatic carbocycles. The zero-order valence-electron chi connectivity index (χ0n) is 45.2. The molecule has 0 amide bonds. The number of carbonyl (C=O) groups excluding carboxylic acids is 3. The highest BCUT2D eigenvalue weighted by Gasteiger charge is 2.18. The lowest BCUT2D eigenvalue weighted by atomic mass is 10.1. The second kappa shape index (κ2) is 57.6. The Balaban J connectivity index is 4.85. The molecule has 0 radical (unpaired) electrons. The number of unbranched alkanes of at least 4 members (excludes halogenated alkanes) is 25. The average Bonchev–Trinajstić information content (AvgIpc) is 3.37. The Morgan fingerprint density at radius 1 is 0.310 bits per heavy atom. The predicted molar refractivity (Wildman–Crippen MR) is 306 cm³/mol. The van der Waals surface area contributed by atoms with E-state index in [1.165, 1.54) is 147 Å². The molecule has 0 aliphatic heterocycles. The van der Waals surface area contributed by atoms with Crippen molar-refractivity contribution < 1.29 is 28.6 Å². The van der Waals surface area contributed by atoms with Gasteiger partial charge >= 0.3 is 17.9 Å². The number of allylic oxidation sites excluding steroid dienone is 24. The summed E-state index contributed by atoms with van der Waals surface area (Å²) in [6, 6.07) is 0. The first kappa shape index (κ1) is 66.0. The van der Waals surface area contributed by atoms with Gasteiger partial charge in [-0.1, -0.05) is 295 Å². The van der Waals surface area contributed by atoms with Crippen LogP contribution < -0.4 is 0 Å². The van der Waals surface area contributed by atoms with Gasteiger partial charge in [-0.05, 0) is 57.8 Å². The van der Waals surface area contributed by atoms with Gasteiger partial charge in [0.25, 0.3) is 0 Å². The molecule has 0 saturated carbocycles. The van der Waals surface area contributed by atoms with Crippen LogP contribution in [0.3, 0.4) is 0 Å². The molecule has 0 aromatic heterocycles. The number of hydrogen-bond acceptors (Lipinski definition) is 6. The van der Waals surface area contributed by atoms with Gasteiger partial charge in [0.2, 0.25) is 0 Å². The molecule has 6 nitrogen and oxygen atoms in total. The molecule has 0 heterocycles. The fraction of sp³-hybridized carbons (Fsp3) is 0.554. The topological polar surface area (TPSA) is 78.9 Å². The molecule has 0 bridgehead atoms. The van der Waals surface area contributed by atoms with Gasteiger partial charge in [-0.15, -0.1) is 0 Å². The van der Waals surface area contributed by atoms with E-state index in [1.807, 2.05) is 79.0 Å².